The van der Waals surface area contributed by atoms with Crippen molar-refractivity contribution in [2.24, 2.45) is 5.73 Å². The summed E-state index contributed by atoms with van der Waals surface area (Å²) in [6, 6.07) is -0.539. The van der Waals surface area contributed by atoms with Crippen LogP contribution in [0.5, 0.6) is 0 Å². The summed E-state index contributed by atoms with van der Waals surface area (Å²) >= 11 is 5.92. The first-order valence-corrected chi connectivity index (χ1v) is 5.18. The molecule has 1 saturated heterocycles. The fraction of sp³-hybridized carbons (Fsp3) is 0.444. The summed E-state index contributed by atoms with van der Waals surface area (Å²) in [7, 11) is 0. The van der Waals surface area contributed by atoms with Gasteiger partial charge in [0.15, 0.2) is 11.0 Å². The van der Waals surface area contributed by atoms with Crippen molar-refractivity contribution in [3.8, 4) is 0 Å². The lowest BCUT2D eigenvalue weighted by Crippen LogP contribution is -2.53. The van der Waals surface area contributed by atoms with Crippen molar-refractivity contribution in [1.82, 2.24) is 9.97 Å². The van der Waals surface area contributed by atoms with Crippen molar-refractivity contribution in [1.29, 1.82) is 0 Å². The molecular formula is C9H11ClN4O2. The Morgan fingerprint density at radius 3 is 3.00 bits per heavy atom. The van der Waals surface area contributed by atoms with Gasteiger partial charge in [0.1, 0.15) is 6.04 Å². The number of carbonyl (C=O) groups excluding carboxylic acids is 1. The van der Waals surface area contributed by atoms with Gasteiger partial charge in [-0.25, -0.2) is 9.97 Å². The number of nitrogens with two attached hydrogens (primary N) is 1. The fourth-order valence-corrected chi connectivity index (χ4v) is 1.81. The SMILES string of the molecule is NC(=O)C1COCCN1c1nccnc1Cl. The van der Waals surface area contributed by atoms with Gasteiger partial charge in [-0.2, -0.15) is 0 Å². The molecule has 1 fully saturated rings. The Morgan fingerprint density at radius 2 is 2.31 bits per heavy atom. The number of morpholine rings is 1. The van der Waals surface area contributed by atoms with Gasteiger partial charge in [-0.1, -0.05) is 11.6 Å². The molecule has 6 nitrogen and oxygen atoms in total. The first-order chi connectivity index (χ1) is 7.70. The van der Waals surface area contributed by atoms with Gasteiger partial charge in [0.05, 0.1) is 13.2 Å². The van der Waals surface area contributed by atoms with Crippen molar-refractivity contribution in [2.45, 2.75) is 6.04 Å². The van der Waals surface area contributed by atoms with E-state index >= 15 is 0 Å². The molecule has 86 valence electrons. The van der Waals surface area contributed by atoms with Crippen LogP contribution in [0.1, 0.15) is 0 Å². The molecule has 0 bridgehead atoms. The monoisotopic (exact) mass is 242 g/mol. The lowest BCUT2D eigenvalue weighted by Gasteiger charge is -2.34. The molecule has 2 N–H and O–H groups in total. The largest absolute Gasteiger partial charge is 0.377 e. The fourth-order valence-electron chi connectivity index (χ4n) is 1.60. The standard InChI is InChI=1S/C9H11ClN4O2/c10-7-9(13-2-1-12-7)14-3-4-16-5-6(14)8(11)15/h1-2,6H,3-5H2,(H2,11,15). The molecule has 1 amide bonds. The normalized spacial score (nSPS) is 20.8. The van der Waals surface area contributed by atoms with Gasteiger partial charge in [-0.05, 0) is 0 Å². The number of hydrogen-bond donors (Lipinski definition) is 1. The van der Waals surface area contributed by atoms with E-state index in [0.717, 1.165) is 0 Å². The third-order valence-corrected chi connectivity index (χ3v) is 2.63. The molecular weight excluding hydrogens is 232 g/mol. The molecule has 0 aliphatic carbocycles. The minimum atomic E-state index is -0.539. The molecule has 1 atom stereocenters. The number of carbonyl (C=O) groups is 1. The molecule has 0 radical (unpaired) electrons. The number of aromatic nitrogens is 2. The van der Waals surface area contributed by atoms with Crippen molar-refractivity contribution >= 4 is 23.3 Å². The second-order valence-electron chi connectivity index (χ2n) is 3.36. The highest BCUT2D eigenvalue weighted by molar-refractivity contribution is 6.31. The molecule has 1 unspecified atom stereocenters. The Kier molecular flexibility index (Phi) is 3.21. The summed E-state index contributed by atoms with van der Waals surface area (Å²) in [5.74, 6) is 0.0117. The topological polar surface area (TPSA) is 81.3 Å². The lowest BCUT2D eigenvalue weighted by molar-refractivity contribution is -0.121. The second-order valence-corrected chi connectivity index (χ2v) is 3.72. The molecule has 2 rings (SSSR count). The average molecular weight is 243 g/mol. The van der Waals surface area contributed by atoms with E-state index in [9.17, 15) is 4.79 Å². The van der Waals surface area contributed by atoms with Crippen LogP contribution >= 0.6 is 11.6 Å². The minimum Gasteiger partial charge on any atom is -0.377 e. The van der Waals surface area contributed by atoms with E-state index < -0.39 is 11.9 Å². The van der Waals surface area contributed by atoms with E-state index in [4.69, 9.17) is 22.1 Å². The molecule has 0 spiro atoms. The van der Waals surface area contributed by atoms with E-state index in [1.807, 2.05) is 0 Å². The van der Waals surface area contributed by atoms with Crippen LogP contribution in [0.3, 0.4) is 0 Å². The number of anilines is 1. The first kappa shape index (κ1) is 11.1. The molecule has 1 aliphatic rings. The molecule has 1 aromatic rings. The van der Waals surface area contributed by atoms with E-state index in [1.54, 1.807) is 4.90 Å². The van der Waals surface area contributed by atoms with Gasteiger partial charge in [-0.3, -0.25) is 4.79 Å². The first-order valence-electron chi connectivity index (χ1n) is 4.80. The summed E-state index contributed by atoms with van der Waals surface area (Å²) in [4.78, 5) is 21.0. The van der Waals surface area contributed by atoms with Crippen molar-refractivity contribution in [3.63, 3.8) is 0 Å². The van der Waals surface area contributed by atoms with Crippen LogP contribution in [0, 0.1) is 0 Å². The van der Waals surface area contributed by atoms with Crippen LogP contribution in [0.15, 0.2) is 12.4 Å². The molecule has 7 heteroatoms. The van der Waals surface area contributed by atoms with Crippen molar-refractivity contribution in [3.05, 3.63) is 17.5 Å². The molecule has 2 heterocycles. The predicted molar refractivity (Wildman–Crippen MR) is 58.2 cm³/mol. The van der Waals surface area contributed by atoms with Gasteiger partial charge < -0.3 is 15.4 Å². The third kappa shape index (κ3) is 2.07. The van der Waals surface area contributed by atoms with E-state index in [2.05, 4.69) is 9.97 Å². The van der Waals surface area contributed by atoms with Gasteiger partial charge in [0.25, 0.3) is 0 Å². The summed E-state index contributed by atoms with van der Waals surface area (Å²) in [5, 5.41) is 0.260. The van der Waals surface area contributed by atoms with Crippen LogP contribution in [-0.4, -0.2) is 41.7 Å². The van der Waals surface area contributed by atoms with Crippen molar-refractivity contribution in [2.75, 3.05) is 24.7 Å². The molecule has 1 aromatic heterocycles. The van der Waals surface area contributed by atoms with Gasteiger partial charge in [0.2, 0.25) is 5.91 Å². The second kappa shape index (κ2) is 4.63. The predicted octanol–water partition coefficient (Wildman–Crippen LogP) is -0.179. The number of ether oxygens (including phenoxy) is 1. The summed E-state index contributed by atoms with van der Waals surface area (Å²) in [6.07, 6.45) is 3.01. The van der Waals surface area contributed by atoms with Crippen LogP contribution < -0.4 is 10.6 Å². The Hall–Kier alpha value is -1.40. The van der Waals surface area contributed by atoms with Crippen LogP contribution in [0.25, 0.3) is 0 Å². The Bertz CT molecular complexity index is 401. The summed E-state index contributed by atoms with van der Waals surface area (Å²) in [6.45, 7) is 1.28. The third-order valence-electron chi connectivity index (χ3n) is 2.36. The number of halogens is 1. The molecule has 16 heavy (non-hydrogen) atoms. The van der Waals surface area contributed by atoms with Gasteiger partial charge >= 0.3 is 0 Å². The number of hydrogen-bond acceptors (Lipinski definition) is 5. The van der Waals surface area contributed by atoms with Crippen molar-refractivity contribution < 1.29 is 9.53 Å². The van der Waals surface area contributed by atoms with Gasteiger partial charge in [0, 0.05) is 18.9 Å². The Morgan fingerprint density at radius 1 is 1.56 bits per heavy atom. The summed E-state index contributed by atoms with van der Waals surface area (Å²) < 4.78 is 5.20. The smallest absolute Gasteiger partial charge is 0.242 e. The number of rotatable bonds is 2. The number of amides is 1. The highest BCUT2D eigenvalue weighted by Gasteiger charge is 2.30. The Balaban J connectivity index is 2.30. The van der Waals surface area contributed by atoms with E-state index in [1.165, 1.54) is 12.4 Å². The zero-order chi connectivity index (χ0) is 11.5. The van der Waals surface area contributed by atoms with Crippen LogP contribution in [0.4, 0.5) is 5.82 Å². The van der Waals surface area contributed by atoms with E-state index in [0.29, 0.717) is 19.0 Å². The van der Waals surface area contributed by atoms with Crippen LogP contribution in [-0.2, 0) is 9.53 Å². The van der Waals surface area contributed by atoms with E-state index in [-0.39, 0.29) is 11.8 Å². The zero-order valence-corrected chi connectivity index (χ0v) is 9.22. The van der Waals surface area contributed by atoms with Crippen LogP contribution in [0.2, 0.25) is 5.15 Å². The maximum Gasteiger partial charge on any atom is 0.242 e. The maximum atomic E-state index is 11.3. The number of nitrogens with zero attached hydrogens (tertiary/aromatic N) is 3. The Labute approximate surface area is 97.4 Å². The molecule has 0 saturated carbocycles. The van der Waals surface area contributed by atoms with Gasteiger partial charge in [-0.15, -0.1) is 0 Å². The minimum absolute atomic E-state index is 0.252. The average Bonchev–Trinajstić information content (AvgIpc) is 2.29. The highest BCUT2D eigenvalue weighted by Crippen LogP contribution is 2.23. The molecule has 0 aromatic carbocycles. The maximum absolute atomic E-state index is 11.3. The molecule has 1 aliphatic heterocycles. The highest BCUT2D eigenvalue weighted by atomic mass is 35.5. The lowest BCUT2D eigenvalue weighted by atomic mass is 10.2. The summed E-state index contributed by atoms with van der Waals surface area (Å²) in [5.41, 5.74) is 5.29. The number of primary amides is 1. The zero-order valence-electron chi connectivity index (χ0n) is 8.47. The quantitative estimate of drug-likeness (QED) is 0.778.